The summed E-state index contributed by atoms with van der Waals surface area (Å²) in [6.45, 7) is 0.301. The number of rotatable bonds is 5. The predicted octanol–water partition coefficient (Wildman–Crippen LogP) is 4.19. The van der Waals surface area contributed by atoms with Crippen molar-refractivity contribution in [3.8, 4) is 11.5 Å². The van der Waals surface area contributed by atoms with Crippen LogP contribution in [0.5, 0.6) is 0 Å². The molecule has 1 aromatic heterocycles. The summed E-state index contributed by atoms with van der Waals surface area (Å²) in [5.41, 5.74) is 1.36. The molecular formula is C19H16ClN3O2. The summed E-state index contributed by atoms with van der Waals surface area (Å²) in [7, 11) is 0. The second-order valence-electron chi connectivity index (χ2n) is 6.01. The van der Waals surface area contributed by atoms with Crippen LogP contribution in [0.2, 0.25) is 5.02 Å². The van der Waals surface area contributed by atoms with E-state index in [2.05, 4.69) is 10.2 Å². The van der Waals surface area contributed by atoms with E-state index in [9.17, 15) is 4.79 Å². The van der Waals surface area contributed by atoms with Gasteiger partial charge in [0, 0.05) is 11.6 Å². The number of benzene rings is 2. The maximum Gasteiger partial charge on any atom is 0.254 e. The Morgan fingerprint density at radius 2 is 1.80 bits per heavy atom. The zero-order chi connectivity index (χ0) is 17.2. The molecule has 0 bridgehead atoms. The molecule has 2 aromatic carbocycles. The van der Waals surface area contributed by atoms with Gasteiger partial charge in [0.05, 0.1) is 17.1 Å². The van der Waals surface area contributed by atoms with Crippen LogP contribution >= 0.6 is 11.6 Å². The SMILES string of the molecule is O=C(c1ccccc1)N(Cc1nnc(-c2ccccc2Cl)o1)C1CC1. The number of aromatic nitrogens is 2. The van der Waals surface area contributed by atoms with Gasteiger partial charge < -0.3 is 9.32 Å². The summed E-state index contributed by atoms with van der Waals surface area (Å²) >= 11 is 6.17. The Kier molecular flexibility index (Phi) is 4.24. The molecule has 1 saturated carbocycles. The third-order valence-electron chi connectivity index (χ3n) is 4.15. The van der Waals surface area contributed by atoms with E-state index in [1.807, 2.05) is 48.5 Å². The maximum atomic E-state index is 12.8. The molecule has 25 heavy (non-hydrogen) atoms. The molecular weight excluding hydrogens is 338 g/mol. The first-order valence-corrected chi connectivity index (χ1v) is 8.53. The van der Waals surface area contributed by atoms with Crippen LogP contribution in [-0.4, -0.2) is 27.0 Å². The molecule has 0 spiro atoms. The van der Waals surface area contributed by atoms with Crippen molar-refractivity contribution in [3.63, 3.8) is 0 Å². The molecule has 0 N–H and O–H groups in total. The molecule has 1 heterocycles. The summed E-state index contributed by atoms with van der Waals surface area (Å²) in [5.74, 6) is 0.759. The second kappa shape index (κ2) is 6.69. The first kappa shape index (κ1) is 15.8. The summed E-state index contributed by atoms with van der Waals surface area (Å²) in [5, 5.41) is 8.72. The minimum absolute atomic E-state index is 0.0133. The van der Waals surface area contributed by atoms with E-state index in [0.717, 1.165) is 12.8 Å². The third kappa shape index (κ3) is 3.42. The highest BCUT2D eigenvalue weighted by atomic mass is 35.5. The molecule has 1 aliphatic rings. The Hall–Kier alpha value is -2.66. The second-order valence-corrected chi connectivity index (χ2v) is 6.42. The molecule has 6 heteroatoms. The van der Waals surface area contributed by atoms with Crippen LogP contribution in [0.1, 0.15) is 29.1 Å². The number of amides is 1. The average Bonchev–Trinajstić information content (AvgIpc) is 3.39. The number of carbonyl (C=O) groups is 1. The highest BCUT2D eigenvalue weighted by Crippen LogP contribution is 2.31. The topological polar surface area (TPSA) is 59.2 Å². The molecule has 1 fully saturated rings. The van der Waals surface area contributed by atoms with Crippen molar-refractivity contribution in [3.05, 3.63) is 71.1 Å². The highest BCUT2D eigenvalue weighted by Gasteiger charge is 2.34. The lowest BCUT2D eigenvalue weighted by atomic mass is 10.2. The van der Waals surface area contributed by atoms with Gasteiger partial charge in [-0.25, -0.2) is 0 Å². The summed E-state index contributed by atoms with van der Waals surface area (Å²) < 4.78 is 5.74. The van der Waals surface area contributed by atoms with Gasteiger partial charge in [-0.15, -0.1) is 10.2 Å². The Labute approximate surface area is 150 Å². The van der Waals surface area contributed by atoms with Crippen LogP contribution in [-0.2, 0) is 6.54 Å². The quantitative estimate of drug-likeness (QED) is 0.690. The smallest absolute Gasteiger partial charge is 0.254 e. The van der Waals surface area contributed by atoms with E-state index < -0.39 is 0 Å². The van der Waals surface area contributed by atoms with Gasteiger partial charge in [-0.05, 0) is 37.1 Å². The molecule has 0 aliphatic heterocycles. The Balaban J connectivity index is 1.56. The molecule has 1 amide bonds. The summed E-state index contributed by atoms with van der Waals surface area (Å²) in [6.07, 6.45) is 2.01. The van der Waals surface area contributed by atoms with Crippen molar-refractivity contribution in [1.82, 2.24) is 15.1 Å². The lowest BCUT2D eigenvalue weighted by molar-refractivity contribution is 0.0714. The molecule has 4 rings (SSSR count). The number of nitrogens with zero attached hydrogens (tertiary/aromatic N) is 3. The van der Waals surface area contributed by atoms with E-state index in [-0.39, 0.29) is 11.9 Å². The van der Waals surface area contributed by atoms with Crippen molar-refractivity contribution < 1.29 is 9.21 Å². The fourth-order valence-corrected chi connectivity index (χ4v) is 2.92. The van der Waals surface area contributed by atoms with Gasteiger partial charge in [-0.2, -0.15) is 0 Å². The third-order valence-corrected chi connectivity index (χ3v) is 4.48. The van der Waals surface area contributed by atoms with E-state index in [4.69, 9.17) is 16.0 Å². The Morgan fingerprint density at radius 1 is 1.08 bits per heavy atom. The van der Waals surface area contributed by atoms with Crippen LogP contribution in [0.25, 0.3) is 11.5 Å². The molecule has 0 saturated heterocycles. The molecule has 126 valence electrons. The molecule has 3 aromatic rings. The molecule has 0 atom stereocenters. The van der Waals surface area contributed by atoms with Crippen molar-refractivity contribution >= 4 is 17.5 Å². The summed E-state index contributed by atoms with van der Waals surface area (Å²) in [6, 6.07) is 16.8. The number of carbonyl (C=O) groups excluding carboxylic acids is 1. The maximum absolute atomic E-state index is 12.8. The first-order valence-electron chi connectivity index (χ1n) is 8.15. The Bertz CT molecular complexity index is 890. The van der Waals surface area contributed by atoms with Gasteiger partial charge >= 0.3 is 0 Å². The Morgan fingerprint density at radius 3 is 2.52 bits per heavy atom. The van der Waals surface area contributed by atoms with Crippen molar-refractivity contribution in [2.75, 3.05) is 0 Å². The summed E-state index contributed by atoms with van der Waals surface area (Å²) in [4.78, 5) is 14.6. The zero-order valence-corrected chi connectivity index (χ0v) is 14.2. The van der Waals surface area contributed by atoms with E-state index in [1.54, 1.807) is 11.0 Å². The highest BCUT2D eigenvalue weighted by molar-refractivity contribution is 6.33. The van der Waals surface area contributed by atoms with Gasteiger partial charge in [0.1, 0.15) is 0 Å². The van der Waals surface area contributed by atoms with Gasteiger partial charge in [-0.1, -0.05) is 41.9 Å². The predicted molar refractivity (Wildman–Crippen MR) is 94.1 cm³/mol. The van der Waals surface area contributed by atoms with E-state index in [1.165, 1.54) is 0 Å². The number of halogens is 1. The average molecular weight is 354 g/mol. The largest absolute Gasteiger partial charge is 0.419 e. The first-order chi connectivity index (χ1) is 12.2. The van der Waals surface area contributed by atoms with Crippen molar-refractivity contribution in [2.24, 2.45) is 0 Å². The molecule has 1 aliphatic carbocycles. The standard InChI is InChI=1S/C19H16ClN3O2/c20-16-9-5-4-8-15(16)18-22-21-17(25-18)12-23(14-10-11-14)19(24)13-6-2-1-3-7-13/h1-9,14H,10-12H2. The van der Waals surface area contributed by atoms with Gasteiger partial charge in [0.25, 0.3) is 5.91 Å². The lowest BCUT2D eigenvalue weighted by Crippen LogP contribution is -2.32. The minimum Gasteiger partial charge on any atom is -0.419 e. The van der Waals surface area contributed by atoms with Crippen LogP contribution < -0.4 is 0 Å². The van der Waals surface area contributed by atoms with Crippen molar-refractivity contribution in [2.45, 2.75) is 25.4 Å². The van der Waals surface area contributed by atoms with Crippen molar-refractivity contribution in [1.29, 1.82) is 0 Å². The monoisotopic (exact) mass is 353 g/mol. The lowest BCUT2D eigenvalue weighted by Gasteiger charge is -2.20. The molecule has 5 nitrogen and oxygen atoms in total. The number of hydrogen-bond donors (Lipinski definition) is 0. The van der Waals surface area contributed by atoms with Gasteiger partial charge in [0.15, 0.2) is 0 Å². The zero-order valence-electron chi connectivity index (χ0n) is 13.4. The minimum atomic E-state index is -0.0133. The fraction of sp³-hybridized carbons (Fsp3) is 0.211. The van der Waals surface area contributed by atoms with E-state index in [0.29, 0.717) is 34.5 Å². The van der Waals surface area contributed by atoms with Gasteiger partial charge in [0.2, 0.25) is 11.8 Å². The molecule has 0 unspecified atom stereocenters. The van der Waals surface area contributed by atoms with Crippen LogP contribution in [0.15, 0.2) is 59.0 Å². The molecule has 0 radical (unpaired) electrons. The van der Waals surface area contributed by atoms with Crippen LogP contribution in [0.4, 0.5) is 0 Å². The van der Waals surface area contributed by atoms with Crippen LogP contribution in [0, 0.1) is 0 Å². The normalized spacial score (nSPS) is 13.6. The number of hydrogen-bond acceptors (Lipinski definition) is 4. The van der Waals surface area contributed by atoms with Gasteiger partial charge in [-0.3, -0.25) is 4.79 Å². The van der Waals surface area contributed by atoms with Crippen LogP contribution in [0.3, 0.4) is 0 Å². The fourth-order valence-electron chi connectivity index (χ4n) is 2.71. The van der Waals surface area contributed by atoms with E-state index >= 15 is 0 Å².